The molecule has 0 amide bonds. The Morgan fingerprint density at radius 2 is 1.50 bits per heavy atom. The van der Waals surface area contributed by atoms with E-state index in [1.165, 1.54) is 5.56 Å². The third kappa shape index (κ3) is 4.25. The van der Waals surface area contributed by atoms with E-state index in [1.54, 1.807) is 0 Å². The number of benzene rings is 2. The molecule has 1 heterocycles. The van der Waals surface area contributed by atoms with Crippen molar-refractivity contribution in [1.82, 2.24) is 15.0 Å². The molecule has 0 bridgehead atoms. The molecule has 2 aromatic carbocycles. The van der Waals surface area contributed by atoms with Crippen LogP contribution in [0.2, 0.25) is 0 Å². The standard InChI is InChI=1S/C23H27N5O2/c1-12-9-7-8-10-18(12)25-23-27-19(26-22(24)28-23)11-30-21(29)20-16(5)14(3)13(2)15(4)17(20)6/h7-10H,11H2,1-6H3,(H3,24,25,26,27,28). The lowest BCUT2D eigenvalue weighted by molar-refractivity contribution is 0.0460. The summed E-state index contributed by atoms with van der Waals surface area (Å²) in [4.78, 5) is 25.4. The number of ether oxygens (including phenoxy) is 1. The lowest BCUT2D eigenvalue weighted by Crippen LogP contribution is -2.14. The van der Waals surface area contributed by atoms with Crippen LogP contribution in [-0.4, -0.2) is 20.9 Å². The van der Waals surface area contributed by atoms with Crippen molar-refractivity contribution in [3.05, 3.63) is 69.0 Å². The van der Waals surface area contributed by atoms with Gasteiger partial charge in [-0.2, -0.15) is 15.0 Å². The zero-order valence-electron chi connectivity index (χ0n) is 18.3. The lowest BCUT2D eigenvalue weighted by Gasteiger charge is -2.17. The number of nitrogens with zero attached hydrogens (tertiary/aromatic N) is 3. The van der Waals surface area contributed by atoms with Crippen LogP contribution < -0.4 is 11.1 Å². The number of aromatic nitrogens is 3. The largest absolute Gasteiger partial charge is 0.454 e. The van der Waals surface area contributed by atoms with Crippen molar-refractivity contribution in [3.8, 4) is 0 Å². The number of hydrogen-bond donors (Lipinski definition) is 2. The van der Waals surface area contributed by atoms with E-state index < -0.39 is 5.97 Å². The highest BCUT2D eigenvalue weighted by Gasteiger charge is 2.20. The molecule has 0 fully saturated rings. The average Bonchev–Trinajstić information content (AvgIpc) is 2.71. The van der Waals surface area contributed by atoms with Gasteiger partial charge in [-0.05, 0) is 81.0 Å². The van der Waals surface area contributed by atoms with Crippen molar-refractivity contribution < 1.29 is 9.53 Å². The van der Waals surface area contributed by atoms with Gasteiger partial charge in [0.1, 0.15) is 0 Å². The van der Waals surface area contributed by atoms with Crippen LogP contribution in [0, 0.1) is 41.5 Å². The van der Waals surface area contributed by atoms with E-state index in [2.05, 4.69) is 27.2 Å². The first-order valence-corrected chi connectivity index (χ1v) is 9.76. The Kier molecular flexibility index (Phi) is 6.01. The van der Waals surface area contributed by atoms with Crippen LogP contribution in [-0.2, 0) is 11.3 Å². The van der Waals surface area contributed by atoms with Crippen LogP contribution >= 0.6 is 0 Å². The van der Waals surface area contributed by atoms with Crippen molar-refractivity contribution in [1.29, 1.82) is 0 Å². The molecule has 0 aliphatic carbocycles. The monoisotopic (exact) mass is 405 g/mol. The van der Waals surface area contributed by atoms with Gasteiger partial charge in [0.05, 0.1) is 5.56 Å². The van der Waals surface area contributed by atoms with Crippen molar-refractivity contribution in [2.75, 3.05) is 11.1 Å². The number of nitrogens with one attached hydrogen (secondary N) is 1. The molecule has 0 aliphatic heterocycles. The topological polar surface area (TPSA) is 103 Å². The number of carbonyl (C=O) groups is 1. The number of anilines is 3. The second-order valence-electron chi connectivity index (χ2n) is 7.45. The smallest absolute Gasteiger partial charge is 0.339 e. The van der Waals surface area contributed by atoms with Gasteiger partial charge in [0.15, 0.2) is 12.4 Å². The predicted octanol–water partition coefficient (Wildman–Crippen LogP) is 4.40. The van der Waals surface area contributed by atoms with Gasteiger partial charge in [-0.3, -0.25) is 0 Å². The molecule has 0 unspecified atom stereocenters. The van der Waals surface area contributed by atoms with Crippen LogP contribution in [0.15, 0.2) is 24.3 Å². The Morgan fingerprint density at radius 3 is 2.13 bits per heavy atom. The quantitative estimate of drug-likeness (QED) is 0.606. The van der Waals surface area contributed by atoms with Crippen molar-refractivity contribution in [3.63, 3.8) is 0 Å². The number of carbonyl (C=O) groups excluding carboxylic acids is 1. The second kappa shape index (κ2) is 8.49. The lowest BCUT2D eigenvalue weighted by atomic mass is 9.90. The van der Waals surface area contributed by atoms with Gasteiger partial charge in [-0.1, -0.05) is 18.2 Å². The molecule has 3 rings (SSSR count). The van der Waals surface area contributed by atoms with Gasteiger partial charge in [0.2, 0.25) is 11.9 Å². The molecule has 0 saturated carbocycles. The summed E-state index contributed by atoms with van der Waals surface area (Å²) in [5, 5.41) is 3.13. The van der Waals surface area contributed by atoms with Gasteiger partial charge in [0, 0.05) is 5.69 Å². The number of para-hydroxylation sites is 1. The van der Waals surface area contributed by atoms with Crippen LogP contribution in [0.3, 0.4) is 0 Å². The van der Waals surface area contributed by atoms with Crippen molar-refractivity contribution in [2.45, 2.75) is 48.1 Å². The van der Waals surface area contributed by atoms with Crippen LogP contribution in [0.1, 0.15) is 49.6 Å². The molecule has 0 radical (unpaired) electrons. The Morgan fingerprint density at radius 1 is 0.900 bits per heavy atom. The third-order valence-electron chi connectivity index (χ3n) is 5.63. The molecule has 0 atom stereocenters. The molecule has 7 heteroatoms. The summed E-state index contributed by atoms with van der Waals surface area (Å²) in [5.41, 5.74) is 13.6. The summed E-state index contributed by atoms with van der Waals surface area (Å²) in [7, 11) is 0. The van der Waals surface area contributed by atoms with Crippen molar-refractivity contribution >= 4 is 23.6 Å². The molecule has 0 spiro atoms. The fourth-order valence-electron chi connectivity index (χ4n) is 3.40. The van der Waals surface area contributed by atoms with E-state index >= 15 is 0 Å². The summed E-state index contributed by atoms with van der Waals surface area (Å²) in [5.74, 6) is 0.241. The van der Waals surface area contributed by atoms with Crippen molar-refractivity contribution in [2.24, 2.45) is 0 Å². The molecule has 156 valence electrons. The van der Waals surface area contributed by atoms with Gasteiger partial charge in [-0.15, -0.1) is 0 Å². The fraction of sp³-hybridized carbons (Fsp3) is 0.304. The number of nitrogens with two attached hydrogens (primary N) is 1. The fourth-order valence-corrected chi connectivity index (χ4v) is 3.40. The Hall–Kier alpha value is -3.48. The number of nitrogen functional groups attached to an aromatic ring is 1. The van der Waals surface area contributed by atoms with Crippen LogP contribution in [0.25, 0.3) is 0 Å². The predicted molar refractivity (Wildman–Crippen MR) is 118 cm³/mol. The highest BCUT2D eigenvalue weighted by Crippen LogP contribution is 2.27. The maximum absolute atomic E-state index is 12.8. The van der Waals surface area contributed by atoms with Crippen LogP contribution in [0.5, 0.6) is 0 Å². The van der Waals surface area contributed by atoms with Gasteiger partial charge in [0.25, 0.3) is 0 Å². The Labute approximate surface area is 176 Å². The van der Waals surface area contributed by atoms with Crippen LogP contribution in [0.4, 0.5) is 17.6 Å². The molecular formula is C23H27N5O2. The summed E-state index contributed by atoms with van der Waals surface area (Å²) >= 11 is 0. The second-order valence-corrected chi connectivity index (χ2v) is 7.45. The van der Waals surface area contributed by atoms with E-state index in [0.29, 0.717) is 11.5 Å². The molecular weight excluding hydrogens is 378 g/mol. The van der Waals surface area contributed by atoms with Gasteiger partial charge < -0.3 is 15.8 Å². The highest BCUT2D eigenvalue weighted by molar-refractivity contribution is 5.93. The molecule has 7 nitrogen and oxygen atoms in total. The minimum Gasteiger partial charge on any atom is -0.454 e. The first-order chi connectivity index (χ1) is 14.2. The SMILES string of the molecule is Cc1ccccc1Nc1nc(N)nc(COC(=O)c2c(C)c(C)c(C)c(C)c2C)n1. The summed E-state index contributed by atoms with van der Waals surface area (Å²) in [6.07, 6.45) is 0. The van der Waals surface area contributed by atoms with E-state index in [0.717, 1.165) is 33.5 Å². The minimum atomic E-state index is -0.399. The van der Waals surface area contributed by atoms with E-state index in [-0.39, 0.29) is 18.4 Å². The van der Waals surface area contributed by atoms with Gasteiger partial charge >= 0.3 is 5.97 Å². The number of rotatable bonds is 5. The van der Waals surface area contributed by atoms with E-state index in [4.69, 9.17) is 10.5 Å². The molecule has 0 saturated heterocycles. The Bertz CT molecular complexity index is 1100. The third-order valence-corrected chi connectivity index (χ3v) is 5.63. The minimum absolute atomic E-state index is 0.0570. The first-order valence-electron chi connectivity index (χ1n) is 9.76. The van der Waals surface area contributed by atoms with E-state index in [1.807, 2.05) is 58.9 Å². The summed E-state index contributed by atoms with van der Waals surface area (Å²) in [6.45, 7) is 11.9. The van der Waals surface area contributed by atoms with Gasteiger partial charge in [-0.25, -0.2) is 4.79 Å². The number of esters is 1. The summed E-state index contributed by atoms with van der Waals surface area (Å²) in [6, 6.07) is 7.76. The zero-order valence-corrected chi connectivity index (χ0v) is 18.3. The molecule has 3 N–H and O–H groups in total. The molecule has 30 heavy (non-hydrogen) atoms. The van der Waals surface area contributed by atoms with E-state index in [9.17, 15) is 4.79 Å². The zero-order chi connectivity index (χ0) is 22.0. The molecule has 3 aromatic rings. The molecule has 1 aromatic heterocycles. The number of hydrogen-bond acceptors (Lipinski definition) is 7. The maximum Gasteiger partial charge on any atom is 0.339 e. The first kappa shape index (κ1) is 21.2. The normalized spacial score (nSPS) is 10.7. The average molecular weight is 406 g/mol. The summed E-state index contributed by atoms with van der Waals surface area (Å²) < 4.78 is 5.53. The Balaban J connectivity index is 1.81. The highest BCUT2D eigenvalue weighted by atomic mass is 16.5. The maximum atomic E-state index is 12.8. The number of aryl methyl sites for hydroxylation is 1. The molecule has 0 aliphatic rings.